The van der Waals surface area contributed by atoms with E-state index in [0.29, 0.717) is 28.7 Å². The maximum Gasteiger partial charge on any atom is 0.494 e. The molecule has 2 bridgehead atoms. The number of rotatable bonds is 3. The Bertz CT molecular complexity index is 1390. The number of hydrogen-bond donors (Lipinski definition) is 0. The number of carbonyl (C=O) groups is 3. The number of esters is 1. The van der Waals surface area contributed by atoms with E-state index in [1.807, 2.05) is 54.6 Å². The van der Waals surface area contributed by atoms with Crippen molar-refractivity contribution in [3.63, 3.8) is 0 Å². The summed E-state index contributed by atoms with van der Waals surface area (Å²) < 4.78 is 18.0. The molecule has 3 aliphatic rings. The number of hydrogen-bond acceptors (Lipinski definition) is 6. The zero-order chi connectivity index (χ0) is 23.4. The number of fused-ring (bicyclic) bond motifs is 5. The molecular formula is C27H21BO6. The second-order valence-corrected chi connectivity index (χ2v) is 9.12. The van der Waals surface area contributed by atoms with Gasteiger partial charge < -0.3 is 14.0 Å². The second-order valence-electron chi connectivity index (χ2n) is 9.12. The molecule has 34 heavy (non-hydrogen) atoms. The van der Waals surface area contributed by atoms with E-state index in [0.717, 1.165) is 16.2 Å². The summed E-state index contributed by atoms with van der Waals surface area (Å²) in [6.07, 6.45) is -0.144. The minimum absolute atomic E-state index is 0.0195. The van der Waals surface area contributed by atoms with Crippen molar-refractivity contribution in [3.05, 3.63) is 89.0 Å². The van der Waals surface area contributed by atoms with Crippen LogP contribution in [0.25, 0.3) is 10.8 Å². The van der Waals surface area contributed by atoms with Gasteiger partial charge in [0.1, 0.15) is 6.61 Å². The maximum absolute atomic E-state index is 13.7. The van der Waals surface area contributed by atoms with E-state index in [-0.39, 0.29) is 24.6 Å². The van der Waals surface area contributed by atoms with E-state index < -0.39 is 24.8 Å². The molecule has 1 fully saturated rings. The molecule has 0 amide bonds. The first-order chi connectivity index (χ1) is 16.4. The van der Waals surface area contributed by atoms with Crippen molar-refractivity contribution in [2.24, 2.45) is 0 Å². The highest BCUT2D eigenvalue weighted by molar-refractivity contribution is 6.61. The Morgan fingerprint density at radius 1 is 1.00 bits per heavy atom. The first kappa shape index (κ1) is 21.0. The van der Waals surface area contributed by atoms with E-state index >= 15 is 0 Å². The Balaban J connectivity index is 1.46. The van der Waals surface area contributed by atoms with E-state index in [9.17, 15) is 14.4 Å². The third-order valence-electron chi connectivity index (χ3n) is 6.85. The zero-order valence-electron chi connectivity index (χ0n) is 18.6. The quantitative estimate of drug-likeness (QED) is 0.448. The largest absolute Gasteiger partial charge is 0.494 e. The first-order valence-corrected chi connectivity index (χ1v) is 11.3. The molecule has 6 nitrogen and oxygen atoms in total. The van der Waals surface area contributed by atoms with Crippen molar-refractivity contribution in [2.45, 2.75) is 31.5 Å². The van der Waals surface area contributed by atoms with Crippen LogP contribution in [0.15, 0.2) is 77.9 Å². The average Bonchev–Trinajstić information content (AvgIpc) is 2.85. The lowest BCUT2D eigenvalue weighted by molar-refractivity contribution is -0.153. The smallest absolute Gasteiger partial charge is 0.463 e. The van der Waals surface area contributed by atoms with Gasteiger partial charge in [-0.2, -0.15) is 0 Å². The van der Waals surface area contributed by atoms with Gasteiger partial charge in [-0.05, 0) is 28.4 Å². The second kappa shape index (κ2) is 7.76. The van der Waals surface area contributed by atoms with Gasteiger partial charge in [0.15, 0.2) is 11.6 Å². The SMILES string of the molecule is CC(=O)OC[C@]12CC3=C(C(=O)c4cc5ccccc5cc4C3=O)[C@H](C1)OB(c1ccccc1)O2. The van der Waals surface area contributed by atoms with Gasteiger partial charge >= 0.3 is 13.1 Å². The van der Waals surface area contributed by atoms with Crippen LogP contribution in [-0.2, 0) is 18.8 Å². The number of carbonyl (C=O) groups excluding carboxylic acids is 3. The van der Waals surface area contributed by atoms with Gasteiger partial charge in [-0.1, -0.05) is 54.6 Å². The van der Waals surface area contributed by atoms with Gasteiger partial charge in [-0.25, -0.2) is 0 Å². The van der Waals surface area contributed by atoms with Crippen LogP contribution in [0.1, 0.15) is 40.5 Å². The third-order valence-corrected chi connectivity index (χ3v) is 6.85. The molecule has 0 saturated carbocycles. The van der Waals surface area contributed by atoms with Crippen LogP contribution in [-0.4, -0.2) is 43.0 Å². The van der Waals surface area contributed by atoms with Crippen LogP contribution < -0.4 is 5.46 Å². The number of Topliss-reactive ketones (excluding diaryl/α,β-unsaturated/α-hetero) is 2. The summed E-state index contributed by atoms with van der Waals surface area (Å²) in [6, 6.07) is 20.7. The van der Waals surface area contributed by atoms with Crippen LogP contribution >= 0.6 is 0 Å². The summed E-state index contributed by atoms with van der Waals surface area (Å²) in [5, 5.41) is 1.80. The Morgan fingerprint density at radius 3 is 2.32 bits per heavy atom. The van der Waals surface area contributed by atoms with Crippen LogP contribution in [0, 0.1) is 0 Å². The van der Waals surface area contributed by atoms with E-state index in [4.69, 9.17) is 14.0 Å². The molecule has 0 spiro atoms. The fraction of sp³-hybridized carbons (Fsp3) is 0.222. The fourth-order valence-electron chi connectivity index (χ4n) is 5.28. The summed E-state index contributed by atoms with van der Waals surface area (Å²) in [6.45, 7) is 1.32. The molecule has 3 aromatic rings. The standard InChI is InChI=1S/C27H21BO6/c1-16(29)32-15-27-13-22-24(23(14-27)33-28(34-27)19-9-3-2-4-10-19)26(31)21-12-18-8-6-5-7-17(18)11-20(21)25(22)30/h2-12,23H,13-15H2,1H3/t23-,27-/m0/s1. The van der Waals surface area contributed by atoms with Crippen LogP contribution in [0.3, 0.4) is 0 Å². The zero-order valence-corrected chi connectivity index (χ0v) is 18.6. The molecule has 0 aromatic heterocycles. The molecule has 1 saturated heterocycles. The van der Waals surface area contributed by atoms with Crippen LogP contribution in [0.5, 0.6) is 0 Å². The predicted octanol–water partition coefficient (Wildman–Crippen LogP) is 3.42. The first-order valence-electron chi connectivity index (χ1n) is 11.3. The lowest BCUT2D eigenvalue weighted by Gasteiger charge is -2.48. The number of ether oxygens (including phenoxy) is 1. The topological polar surface area (TPSA) is 78.9 Å². The Kier molecular flexibility index (Phi) is 4.79. The minimum Gasteiger partial charge on any atom is -0.463 e. The van der Waals surface area contributed by atoms with Crippen molar-refractivity contribution in [2.75, 3.05) is 6.61 Å². The normalized spacial score (nSPS) is 23.6. The van der Waals surface area contributed by atoms with E-state index in [1.54, 1.807) is 12.1 Å². The minimum atomic E-state index is -0.960. The number of benzene rings is 3. The van der Waals surface area contributed by atoms with E-state index in [2.05, 4.69) is 0 Å². The summed E-state index contributed by atoms with van der Waals surface area (Å²) >= 11 is 0. The van der Waals surface area contributed by atoms with Gasteiger partial charge in [-0.15, -0.1) is 0 Å². The fourth-order valence-corrected chi connectivity index (χ4v) is 5.28. The highest BCUT2D eigenvalue weighted by Crippen LogP contribution is 2.46. The van der Waals surface area contributed by atoms with Crippen molar-refractivity contribution in [1.29, 1.82) is 0 Å². The molecule has 0 N–H and O–H groups in total. The van der Waals surface area contributed by atoms with Gasteiger partial charge in [0.05, 0.1) is 11.7 Å². The summed E-state index contributed by atoms with van der Waals surface area (Å²) in [5.74, 6) is -0.812. The Hall–Kier alpha value is -3.55. The molecule has 2 atom stereocenters. The average molecular weight is 452 g/mol. The molecule has 0 radical (unpaired) electrons. The highest BCUT2D eigenvalue weighted by atomic mass is 16.6. The van der Waals surface area contributed by atoms with Gasteiger partial charge in [0.25, 0.3) is 0 Å². The van der Waals surface area contributed by atoms with Crippen LogP contribution in [0.2, 0.25) is 0 Å². The summed E-state index contributed by atoms with van der Waals surface area (Å²) in [7, 11) is -0.745. The van der Waals surface area contributed by atoms with Crippen molar-refractivity contribution in [3.8, 4) is 0 Å². The molecular weight excluding hydrogens is 431 g/mol. The van der Waals surface area contributed by atoms with Crippen molar-refractivity contribution >= 4 is 40.9 Å². The van der Waals surface area contributed by atoms with Crippen molar-refractivity contribution < 1.29 is 28.4 Å². The van der Waals surface area contributed by atoms with Gasteiger partial charge in [-0.3, -0.25) is 14.4 Å². The molecule has 2 aliphatic carbocycles. The van der Waals surface area contributed by atoms with Crippen LogP contribution in [0.4, 0.5) is 0 Å². The lowest BCUT2D eigenvalue weighted by Crippen LogP contribution is -2.60. The third kappa shape index (κ3) is 3.31. The van der Waals surface area contributed by atoms with Gasteiger partial charge in [0, 0.05) is 42.0 Å². The number of ketones is 2. The van der Waals surface area contributed by atoms with Gasteiger partial charge in [0.2, 0.25) is 0 Å². The molecule has 3 aromatic carbocycles. The Morgan fingerprint density at radius 2 is 1.65 bits per heavy atom. The molecule has 6 rings (SSSR count). The Labute approximate surface area is 196 Å². The highest BCUT2D eigenvalue weighted by Gasteiger charge is 2.54. The van der Waals surface area contributed by atoms with E-state index in [1.165, 1.54) is 6.92 Å². The molecule has 0 unspecified atom stereocenters. The predicted molar refractivity (Wildman–Crippen MR) is 126 cm³/mol. The molecule has 7 heteroatoms. The lowest BCUT2D eigenvalue weighted by atomic mass is 9.66. The molecule has 1 heterocycles. The monoisotopic (exact) mass is 452 g/mol. The summed E-state index contributed by atoms with van der Waals surface area (Å²) in [5.41, 5.74) is 1.42. The summed E-state index contributed by atoms with van der Waals surface area (Å²) in [4.78, 5) is 39.1. The molecule has 1 aliphatic heterocycles. The molecule has 168 valence electrons. The maximum atomic E-state index is 13.7. The van der Waals surface area contributed by atoms with Crippen molar-refractivity contribution in [1.82, 2.24) is 0 Å².